The molecule has 0 saturated heterocycles. The monoisotopic (exact) mass is 590 g/mol. The van der Waals surface area contributed by atoms with Gasteiger partial charge >= 0.3 is 18.3 Å². The van der Waals surface area contributed by atoms with Crippen molar-refractivity contribution in [1.82, 2.24) is 0 Å². The molecule has 3 aromatic carbocycles. The molecular weight excluding hydrogens is 562 g/mol. The number of halogens is 6. The predicted octanol–water partition coefficient (Wildman–Crippen LogP) is 8.04. The number of carbonyl (C=O) groups excluding carboxylic acids is 2. The van der Waals surface area contributed by atoms with E-state index in [0.717, 1.165) is 54.1 Å². The van der Waals surface area contributed by atoms with E-state index in [4.69, 9.17) is 4.74 Å². The molecule has 1 aliphatic rings. The number of benzene rings is 3. The summed E-state index contributed by atoms with van der Waals surface area (Å²) in [4.78, 5) is 28.5. The highest BCUT2D eigenvalue weighted by Crippen LogP contribution is 2.43. The number of ether oxygens (including phenoxy) is 1. The molecule has 0 radical (unpaired) electrons. The highest BCUT2D eigenvalue weighted by Gasteiger charge is 2.45. The maximum Gasteiger partial charge on any atom is 0.416 e. The van der Waals surface area contributed by atoms with E-state index < -0.39 is 41.4 Å². The van der Waals surface area contributed by atoms with Crippen molar-refractivity contribution in [3.8, 4) is 0 Å². The van der Waals surface area contributed by atoms with E-state index in [2.05, 4.69) is 5.32 Å². The van der Waals surface area contributed by atoms with Gasteiger partial charge in [0.15, 0.2) is 0 Å². The molecule has 0 aliphatic carbocycles. The van der Waals surface area contributed by atoms with Crippen molar-refractivity contribution in [3.05, 3.63) is 106 Å². The summed E-state index contributed by atoms with van der Waals surface area (Å²) in [7, 11) is 0. The van der Waals surface area contributed by atoms with Gasteiger partial charge in [0.1, 0.15) is 5.70 Å². The highest BCUT2D eigenvalue weighted by molar-refractivity contribution is 6.18. The van der Waals surface area contributed by atoms with Gasteiger partial charge in [-0.05, 0) is 72.0 Å². The lowest BCUT2D eigenvalue weighted by molar-refractivity contribution is -0.139. The fraction of sp³-hybridized carbons (Fsp3) is 0.290. The van der Waals surface area contributed by atoms with E-state index in [0.29, 0.717) is 5.56 Å². The van der Waals surface area contributed by atoms with E-state index in [-0.39, 0.29) is 34.7 Å². The van der Waals surface area contributed by atoms with E-state index in [1.165, 1.54) is 4.90 Å². The Morgan fingerprint density at radius 1 is 0.786 bits per heavy atom. The van der Waals surface area contributed by atoms with E-state index in [1.807, 2.05) is 32.9 Å². The van der Waals surface area contributed by atoms with Gasteiger partial charge in [-0.25, -0.2) is 4.79 Å². The Morgan fingerprint density at radius 3 is 1.71 bits per heavy atom. The molecule has 1 atom stereocenters. The quantitative estimate of drug-likeness (QED) is 0.233. The van der Waals surface area contributed by atoms with Gasteiger partial charge in [0.05, 0.1) is 29.3 Å². The summed E-state index contributed by atoms with van der Waals surface area (Å²) in [5.41, 5.74) is -0.854. The average molecular weight is 591 g/mol. The van der Waals surface area contributed by atoms with E-state index in [1.54, 1.807) is 19.1 Å². The number of hydrogen-bond donors (Lipinski definition) is 1. The maximum atomic E-state index is 13.9. The summed E-state index contributed by atoms with van der Waals surface area (Å²) in [6.45, 7) is 7.54. The van der Waals surface area contributed by atoms with Crippen molar-refractivity contribution in [2.75, 3.05) is 16.8 Å². The smallest absolute Gasteiger partial charge is 0.416 e. The molecule has 0 aromatic heterocycles. The third-order valence-corrected chi connectivity index (χ3v) is 6.78. The van der Waals surface area contributed by atoms with Crippen molar-refractivity contribution < 1.29 is 40.7 Å². The van der Waals surface area contributed by atoms with Crippen LogP contribution < -0.4 is 10.2 Å². The molecule has 1 aliphatic heterocycles. The second kappa shape index (κ2) is 11.2. The molecule has 42 heavy (non-hydrogen) atoms. The standard InChI is InChI=1S/C31H28F6N2O3/c1-5-42-28(41)24-25(38-22-14-10-20(11-15-22)30(32,33)34)27(40)39(23-16-12-21(13-17-23)31(35,36)37)26(24)18-6-8-19(9-7-18)29(2,3)4/h6-17,26,38H,5H2,1-4H3. The minimum atomic E-state index is -4.61. The molecule has 222 valence electrons. The number of anilines is 2. The van der Waals surface area contributed by atoms with Gasteiger partial charge in [0.2, 0.25) is 0 Å². The van der Waals surface area contributed by atoms with Crippen LogP contribution in [0.4, 0.5) is 37.7 Å². The van der Waals surface area contributed by atoms with Gasteiger partial charge in [0.25, 0.3) is 5.91 Å². The zero-order valence-electron chi connectivity index (χ0n) is 23.2. The Kier molecular flexibility index (Phi) is 8.17. The first-order chi connectivity index (χ1) is 19.5. The lowest BCUT2D eigenvalue weighted by Gasteiger charge is -2.28. The molecule has 0 spiro atoms. The fourth-order valence-corrected chi connectivity index (χ4v) is 4.61. The lowest BCUT2D eigenvalue weighted by atomic mass is 9.85. The highest BCUT2D eigenvalue weighted by atomic mass is 19.4. The molecule has 1 N–H and O–H groups in total. The second-order valence-electron chi connectivity index (χ2n) is 10.7. The minimum absolute atomic E-state index is 0.0416. The third-order valence-electron chi connectivity index (χ3n) is 6.78. The Morgan fingerprint density at radius 2 is 1.26 bits per heavy atom. The van der Waals surface area contributed by atoms with Crippen molar-refractivity contribution >= 4 is 23.3 Å². The van der Waals surface area contributed by atoms with Gasteiger partial charge in [-0.3, -0.25) is 9.69 Å². The van der Waals surface area contributed by atoms with Crippen LogP contribution >= 0.6 is 0 Å². The van der Waals surface area contributed by atoms with Crippen LogP contribution in [0, 0.1) is 0 Å². The molecule has 11 heteroatoms. The summed E-state index contributed by atoms with van der Waals surface area (Å²) < 4.78 is 84.4. The molecule has 5 nitrogen and oxygen atoms in total. The molecule has 1 unspecified atom stereocenters. The topological polar surface area (TPSA) is 58.6 Å². The summed E-state index contributed by atoms with van der Waals surface area (Å²) >= 11 is 0. The Labute approximate surface area is 238 Å². The molecule has 0 saturated carbocycles. The number of nitrogens with one attached hydrogen (secondary N) is 1. The Hall–Kier alpha value is -4.28. The lowest BCUT2D eigenvalue weighted by Crippen LogP contribution is -2.32. The first-order valence-corrected chi connectivity index (χ1v) is 13.0. The molecule has 0 fully saturated rings. The largest absolute Gasteiger partial charge is 0.463 e. The minimum Gasteiger partial charge on any atom is -0.463 e. The average Bonchev–Trinajstić information content (AvgIpc) is 3.19. The first-order valence-electron chi connectivity index (χ1n) is 13.0. The Bertz CT molecular complexity index is 1480. The molecular formula is C31H28F6N2O3. The van der Waals surface area contributed by atoms with Gasteiger partial charge in [-0.2, -0.15) is 26.3 Å². The van der Waals surface area contributed by atoms with Gasteiger partial charge < -0.3 is 10.1 Å². The van der Waals surface area contributed by atoms with Crippen LogP contribution in [0.2, 0.25) is 0 Å². The second-order valence-corrected chi connectivity index (χ2v) is 10.7. The number of alkyl halides is 6. The number of rotatable bonds is 6. The van der Waals surface area contributed by atoms with Crippen molar-refractivity contribution in [2.24, 2.45) is 0 Å². The molecule has 1 heterocycles. The zero-order chi connectivity index (χ0) is 31.0. The van der Waals surface area contributed by atoms with E-state index >= 15 is 0 Å². The van der Waals surface area contributed by atoms with Crippen LogP contribution in [-0.4, -0.2) is 18.5 Å². The van der Waals surface area contributed by atoms with E-state index in [9.17, 15) is 35.9 Å². The third kappa shape index (κ3) is 6.29. The van der Waals surface area contributed by atoms with Crippen LogP contribution in [-0.2, 0) is 32.1 Å². The van der Waals surface area contributed by atoms with Crippen molar-refractivity contribution in [3.63, 3.8) is 0 Å². The zero-order valence-corrected chi connectivity index (χ0v) is 23.2. The molecule has 1 amide bonds. The van der Waals surface area contributed by atoms with Gasteiger partial charge in [-0.1, -0.05) is 45.0 Å². The normalized spacial score (nSPS) is 16.2. The summed E-state index contributed by atoms with van der Waals surface area (Å²) in [5, 5.41) is 2.77. The number of hydrogen-bond acceptors (Lipinski definition) is 4. The van der Waals surface area contributed by atoms with Gasteiger partial charge in [0, 0.05) is 11.4 Å². The molecule has 0 bridgehead atoms. The SMILES string of the molecule is CCOC(=O)C1=C(Nc2ccc(C(F)(F)F)cc2)C(=O)N(c2ccc(C(F)(F)F)cc2)C1c1ccc(C(C)(C)C)cc1. The predicted molar refractivity (Wildman–Crippen MR) is 146 cm³/mol. The number of carbonyl (C=O) groups is 2. The maximum absolute atomic E-state index is 13.9. The summed E-state index contributed by atoms with van der Waals surface area (Å²) in [6.07, 6.45) is -9.19. The van der Waals surface area contributed by atoms with Crippen molar-refractivity contribution in [1.29, 1.82) is 0 Å². The summed E-state index contributed by atoms with van der Waals surface area (Å²) in [5.74, 6) is -1.64. The van der Waals surface area contributed by atoms with Crippen LogP contribution in [0.3, 0.4) is 0 Å². The van der Waals surface area contributed by atoms with Crippen LogP contribution in [0.25, 0.3) is 0 Å². The van der Waals surface area contributed by atoms with Crippen molar-refractivity contribution in [2.45, 2.75) is 51.5 Å². The van der Waals surface area contributed by atoms with Crippen LogP contribution in [0.15, 0.2) is 84.1 Å². The fourth-order valence-electron chi connectivity index (χ4n) is 4.61. The molecule has 3 aromatic rings. The number of esters is 1. The number of nitrogens with zero attached hydrogens (tertiary/aromatic N) is 1. The molecule has 4 rings (SSSR count). The summed E-state index contributed by atoms with van der Waals surface area (Å²) in [6, 6.07) is 13.8. The number of amides is 1. The first kappa shape index (κ1) is 30.7. The Balaban J connectivity index is 1.87. The van der Waals surface area contributed by atoms with Crippen LogP contribution in [0.5, 0.6) is 0 Å². The van der Waals surface area contributed by atoms with Crippen LogP contribution in [0.1, 0.15) is 56.0 Å². The van der Waals surface area contributed by atoms with Gasteiger partial charge in [-0.15, -0.1) is 0 Å².